The number of nitrogens with zero attached hydrogens (tertiary/aromatic N) is 1. The minimum atomic E-state index is 0.0732. The van der Waals surface area contributed by atoms with Crippen molar-refractivity contribution in [2.45, 2.75) is 32.6 Å². The van der Waals surface area contributed by atoms with E-state index < -0.39 is 0 Å². The molecule has 0 aliphatic carbocycles. The molecule has 1 amide bonds. The molecule has 1 atom stereocenters. The molecule has 2 rings (SSSR count). The Balaban J connectivity index is 1.57. The Hall–Kier alpha value is -0.970. The number of amides is 1. The minimum absolute atomic E-state index is 0.0732. The fourth-order valence-corrected chi connectivity index (χ4v) is 3.20. The second-order valence-electron chi connectivity index (χ2n) is 6.42. The average molecular weight is 373 g/mol. The maximum atomic E-state index is 11.9. The Bertz CT molecular complexity index is 534. The van der Waals surface area contributed by atoms with E-state index in [2.05, 4.69) is 17.1 Å². The maximum Gasteiger partial charge on any atom is 0.220 e. The first kappa shape index (κ1) is 19.4. The van der Waals surface area contributed by atoms with E-state index in [1.807, 2.05) is 0 Å². The number of carbonyl (C=O) groups is 1. The predicted octanol–water partition coefficient (Wildman–Crippen LogP) is 4.00. The molecule has 0 radical (unpaired) electrons. The molecule has 1 saturated heterocycles. The van der Waals surface area contributed by atoms with Crippen LogP contribution in [0.15, 0.2) is 18.2 Å². The first-order valence-corrected chi connectivity index (χ1v) is 9.37. The molecule has 1 aliphatic rings. The quantitative estimate of drug-likeness (QED) is 0.666. The third-order valence-corrected chi connectivity index (χ3v) is 4.94. The minimum Gasteiger partial charge on any atom is -0.492 e. The Morgan fingerprint density at radius 1 is 1.33 bits per heavy atom. The molecule has 24 heavy (non-hydrogen) atoms. The summed E-state index contributed by atoms with van der Waals surface area (Å²) >= 11 is 12.0. The zero-order valence-corrected chi connectivity index (χ0v) is 15.7. The van der Waals surface area contributed by atoms with Crippen LogP contribution in [-0.2, 0) is 4.79 Å². The van der Waals surface area contributed by atoms with Crippen LogP contribution in [0.25, 0.3) is 0 Å². The van der Waals surface area contributed by atoms with E-state index >= 15 is 0 Å². The van der Waals surface area contributed by atoms with E-state index in [9.17, 15) is 4.79 Å². The lowest BCUT2D eigenvalue weighted by Crippen LogP contribution is -2.34. The fraction of sp³-hybridized carbons (Fsp3) is 0.611. The summed E-state index contributed by atoms with van der Waals surface area (Å²) in [6, 6.07) is 5.28. The predicted molar refractivity (Wildman–Crippen MR) is 99.0 cm³/mol. The van der Waals surface area contributed by atoms with Gasteiger partial charge in [-0.2, -0.15) is 0 Å². The summed E-state index contributed by atoms with van der Waals surface area (Å²) in [5, 5.41) is 3.89. The Labute approximate surface area is 154 Å². The van der Waals surface area contributed by atoms with E-state index in [1.165, 1.54) is 25.9 Å². The van der Waals surface area contributed by atoms with E-state index in [4.69, 9.17) is 27.9 Å². The number of ether oxygens (including phenoxy) is 1. The standard InChI is InChI=1S/C18H26Cl2N2O2/c1-14(13-22-9-2-3-10-22)12-21-17(23)8-5-11-24-16-7-4-6-15(19)18(16)20/h4,6-7,14H,2-3,5,8-13H2,1H3,(H,21,23). The number of nitrogens with one attached hydrogen (secondary N) is 1. The van der Waals surface area contributed by atoms with Crippen molar-refractivity contribution in [2.24, 2.45) is 5.92 Å². The summed E-state index contributed by atoms with van der Waals surface area (Å²) in [4.78, 5) is 14.4. The van der Waals surface area contributed by atoms with Gasteiger partial charge in [-0.05, 0) is 50.4 Å². The van der Waals surface area contributed by atoms with Crippen molar-refractivity contribution in [1.82, 2.24) is 10.2 Å². The van der Waals surface area contributed by atoms with Crippen LogP contribution >= 0.6 is 23.2 Å². The van der Waals surface area contributed by atoms with Crippen molar-refractivity contribution in [3.05, 3.63) is 28.2 Å². The van der Waals surface area contributed by atoms with Crippen molar-refractivity contribution in [3.63, 3.8) is 0 Å². The van der Waals surface area contributed by atoms with Gasteiger partial charge >= 0.3 is 0 Å². The zero-order chi connectivity index (χ0) is 17.4. The smallest absolute Gasteiger partial charge is 0.220 e. The van der Waals surface area contributed by atoms with E-state index in [1.54, 1.807) is 18.2 Å². The van der Waals surface area contributed by atoms with Crippen LogP contribution in [0, 0.1) is 5.92 Å². The Morgan fingerprint density at radius 3 is 2.83 bits per heavy atom. The summed E-state index contributed by atoms with van der Waals surface area (Å²) in [6.45, 7) is 6.82. The number of rotatable bonds is 9. The van der Waals surface area contributed by atoms with Crippen molar-refractivity contribution in [2.75, 3.05) is 32.8 Å². The number of benzene rings is 1. The molecule has 4 nitrogen and oxygen atoms in total. The lowest BCUT2D eigenvalue weighted by Gasteiger charge is -2.20. The van der Waals surface area contributed by atoms with Crippen LogP contribution in [0.4, 0.5) is 0 Å². The summed E-state index contributed by atoms with van der Waals surface area (Å²) in [5.74, 6) is 1.11. The Kier molecular flexibility index (Phi) is 8.16. The van der Waals surface area contributed by atoms with Crippen LogP contribution in [0.2, 0.25) is 10.0 Å². The molecule has 0 saturated carbocycles. The van der Waals surface area contributed by atoms with E-state index in [0.29, 0.717) is 41.2 Å². The summed E-state index contributed by atoms with van der Waals surface area (Å²) in [7, 11) is 0. The van der Waals surface area contributed by atoms with Crippen molar-refractivity contribution >= 4 is 29.1 Å². The molecule has 1 aliphatic heterocycles. The first-order chi connectivity index (χ1) is 11.6. The van der Waals surface area contributed by atoms with Gasteiger partial charge in [0.1, 0.15) is 10.8 Å². The van der Waals surface area contributed by atoms with Crippen LogP contribution in [0.1, 0.15) is 32.6 Å². The van der Waals surface area contributed by atoms with Crippen molar-refractivity contribution in [3.8, 4) is 5.75 Å². The molecule has 1 N–H and O–H groups in total. The normalized spacial score (nSPS) is 16.1. The number of hydrogen-bond acceptors (Lipinski definition) is 3. The van der Waals surface area contributed by atoms with Gasteiger partial charge in [0.05, 0.1) is 11.6 Å². The Morgan fingerprint density at radius 2 is 2.08 bits per heavy atom. The SMILES string of the molecule is CC(CNC(=O)CCCOc1cccc(Cl)c1Cl)CN1CCCC1. The van der Waals surface area contributed by atoms with Crippen molar-refractivity contribution < 1.29 is 9.53 Å². The summed E-state index contributed by atoms with van der Waals surface area (Å²) < 4.78 is 5.58. The van der Waals surface area contributed by atoms with Gasteiger partial charge < -0.3 is 15.0 Å². The number of carbonyl (C=O) groups excluding carboxylic acids is 1. The molecule has 0 spiro atoms. The fourth-order valence-electron chi connectivity index (χ4n) is 2.86. The van der Waals surface area contributed by atoms with Gasteiger partial charge in [-0.3, -0.25) is 4.79 Å². The highest BCUT2D eigenvalue weighted by Gasteiger charge is 2.15. The second-order valence-corrected chi connectivity index (χ2v) is 7.21. The van der Waals surface area contributed by atoms with Gasteiger partial charge in [-0.25, -0.2) is 0 Å². The maximum absolute atomic E-state index is 11.9. The molecular weight excluding hydrogens is 347 g/mol. The lowest BCUT2D eigenvalue weighted by molar-refractivity contribution is -0.121. The molecule has 6 heteroatoms. The largest absolute Gasteiger partial charge is 0.492 e. The van der Waals surface area contributed by atoms with Crippen LogP contribution in [0.5, 0.6) is 5.75 Å². The molecule has 1 heterocycles. The number of likely N-dealkylation sites (tertiary alicyclic amines) is 1. The van der Waals surface area contributed by atoms with Gasteiger partial charge in [0.2, 0.25) is 5.91 Å². The van der Waals surface area contributed by atoms with Crippen molar-refractivity contribution in [1.29, 1.82) is 0 Å². The highest BCUT2D eigenvalue weighted by molar-refractivity contribution is 6.42. The van der Waals surface area contributed by atoms with Gasteiger partial charge in [0.15, 0.2) is 0 Å². The molecular formula is C18H26Cl2N2O2. The molecule has 1 unspecified atom stereocenters. The van der Waals surface area contributed by atoms with E-state index in [0.717, 1.165) is 13.1 Å². The van der Waals surface area contributed by atoms with Crippen LogP contribution in [-0.4, -0.2) is 43.6 Å². The molecule has 1 aromatic rings. The van der Waals surface area contributed by atoms with Gasteiger partial charge in [0, 0.05) is 19.5 Å². The zero-order valence-electron chi connectivity index (χ0n) is 14.2. The first-order valence-electron chi connectivity index (χ1n) is 8.62. The molecule has 134 valence electrons. The third-order valence-electron chi connectivity index (χ3n) is 4.14. The average Bonchev–Trinajstić information content (AvgIpc) is 3.06. The lowest BCUT2D eigenvalue weighted by atomic mass is 10.1. The topological polar surface area (TPSA) is 41.6 Å². The number of hydrogen-bond donors (Lipinski definition) is 1. The van der Waals surface area contributed by atoms with Crippen LogP contribution < -0.4 is 10.1 Å². The van der Waals surface area contributed by atoms with Gasteiger partial charge in [0.25, 0.3) is 0 Å². The van der Waals surface area contributed by atoms with Gasteiger partial charge in [-0.15, -0.1) is 0 Å². The summed E-state index contributed by atoms with van der Waals surface area (Å²) in [5.41, 5.74) is 0. The number of halogens is 2. The van der Waals surface area contributed by atoms with Crippen LogP contribution in [0.3, 0.4) is 0 Å². The second kappa shape index (κ2) is 10.1. The molecule has 0 bridgehead atoms. The summed E-state index contributed by atoms with van der Waals surface area (Å²) in [6.07, 6.45) is 3.70. The third kappa shape index (κ3) is 6.50. The molecule has 1 fully saturated rings. The monoisotopic (exact) mass is 372 g/mol. The highest BCUT2D eigenvalue weighted by atomic mass is 35.5. The molecule has 1 aromatic carbocycles. The molecule has 0 aromatic heterocycles. The highest BCUT2D eigenvalue weighted by Crippen LogP contribution is 2.31. The van der Waals surface area contributed by atoms with Gasteiger partial charge in [-0.1, -0.05) is 36.2 Å². The van der Waals surface area contributed by atoms with E-state index in [-0.39, 0.29) is 5.91 Å².